The van der Waals surface area contributed by atoms with Crippen molar-refractivity contribution in [2.75, 3.05) is 13.1 Å². The fourth-order valence-corrected chi connectivity index (χ4v) is 3.59. The van der Waals surface area contributed by atoms with Crippen molar-refractivity contribution in [1.29, 1.82) is 0 Å². The van der Waals surface area contributed by atoms with Gasteiger partial charge in [-0.3, -0.25) is 4.79 Å². The molecule has 2 N–H and O–H groups in total. The molecule has 1 fully saturated rings. The van der Waals surface area contributed by atoms with Crippen molar-refractivity contribution in [2.45, 2.75) is 39.8 Å². The third kappa shape index (κ3) is 5.56. The van der Waals surface area contributed by atoms with Gasteiger partial charge in [0.25, 0.3) is 0 Å². The van der Waals surface area contributed by atoms with Crippen molar-refractivity contribution in [3.8, 4) is 0 Å². The molecular weight excluding hydrogens is 369 g/mol. The number of rotatable bonds is 5. The lowest BCUT2D eigenvalue weighted by Crippen LogP contribution is -2.53. The van der Waals surface area contributed by atoms with E-state index in [4.69, 9.17) is 0 Å². The van der Waals surface area contributed by atoms with Gasteiger partial charge in [-0.25, -0.2) is 9.18 Å². The number of aryl methyl sites for hydroxylation is 1. The number of urea groups is 1. The molecule has 1 aliphatic rings. The van der Waals surface area contributed by atoms with Crippen molar-refractivity contribution < 1.29 is 14.0 Å². The molecule has 0 unspecified atom stereocenters. The zero-order chi connectivity index (χ0) is 20.9. The molecule has 0 aliphatic carbocycles. The van der Waals surface area contributed by atoms with Crippen LogP contribution in [0.5, 0.6) is 0 Å². The Morgan fingerprint density at radius 2 is 1.59 bits per heavy atom. The van der Waals surface area contributed by atoms with E-state index < -0.39 is 5.41 Å². The standard InChI is InChI=1S/C23H28FN3O2/c1-17-4-6-18(7-5-17)15-26-22(29)27-13-3-12-23(2,16-27)21(28)25-14-19-8-10-20(24)11-9-19/h4-11H,3,12-16H2,1-2H3,(H,25,28)(H,26,29)/t23-/m0/s1. The summed E-state index contributed by atoms with van der Waals surface area (Å²) in [6, 6.07) is 14.0. The number of amides is 3. The highest BCUT2D eigenvalue weighted by Crippen LogP contribution is 2.30. The molecule has 1 atom stereocenters. The number of hydrogen-bond donors (Lipinski definition) is 2. The molecular formula is C23H28FN3O2. The second kappa shape index (κ2) is 9.07. The predicted molar refractivity (Wildman–Crippen MR) is 111 cm³/mol. The summed E-state index contributed by atoms with van der Waals surface area (Å²) in [4.78, 5) is 27.1. The number of nitrogens with one attached hydrogen (secondary N) is 2. The molecule has 2 aromatic rings. The highest BCUT2D eigenvalue weighted by Gasteiger charge is 2.39. The van der Waals surface area contributed by atoms with Crippen LogP contribution in [0.4, 0.5) is 9.18 Å². The smallest absolute Gasteiger partial charge is 0.317 e. The molecule has 1 heterocycles. The van der Waals surface area contributed by atoms with Gasteiger partial charge in [-0.05, 0) is 49.9 Å². The molecule has 1 aliphatic heterocycles. The lowest BCUT2D eigenvalue weighted by atomic mass is 9.81. The normalized spacial score (nSPS) is 18.9. The van der Waals surface area contributed by atoms with Crippen LogP contribution in [0.3, 0.4) is 0 Å². The Kier molecular flexibility index (Phi) is 6.52. The van der Waals surface area contributed by atoms with E-state index in [0.717, 1.165) is 24.0 Å². The first-order valence-electron chi connectivity index (χ1n) is 9.97. The van der Waals surface area contributed by atoms with Gasteiger partial charge in [-0.2, -0.15) is 0 Å². The van der Waals surface area contributed by atoms with Gasteiger partial charge >= 0.3 is 6.03 Å². The van der Waals surface area contributed by atoms with Gasteiger partial charge in [-0.1, -0.05) is 42.0 Å². The fourth-order valence-electron chi connectivity index (χ4n) is 3.59. The monoisotopic (exact) mass is 397 g/mol. The number of nitrogens with zero attached hydrogens (tertiary/aromatic N) is 1. The van der Waals surface area contributed by atoms with E-state index in [0.29, 0.717) is 26.2 Å². The van der Waals surface area contributed by atoms with Crippen molar-refractivity contribution in [3.05, 3.63) is 71.0 Å². The zero-order valence-electron chi connectivity index (χ0n) is 17.0. The predicted octanol–water partition coefficient (Wildman–Crippen LogP) is 3.76. The number of carbonyl (C=O) groups excluding carboxylic acids is 2. The summed E-state index contributed by atoms with van der Waals surface area (Å²) < 4.78 is 13.0. The summed E-state index contributed by atoms with van der Waals surface area (Å²) in [6.45, 7) is 5.74. The van der Waals surface area contributed by atoms with Crippen LogP contribution in [0.2, 0.25) is 0 Å². The number of likely N-dealkylation sites (tertiary alicyclic amines) is 1. The minimum absolute atomic E-state index is 0.0853. The largest absolute Gasteiger partial charge is 0.351 e. The van der Waals surface area contributed by atoms with Crippen molar-refractivity contribution in [2.24, 2.45) is 5.41 Å². The van der Waals surface area contributed by atoms with E-state index in [9.17, 15) is 14.0 Å². The van der Waals surface area contributed by atoms with Crippen molar-refractivity contribution >= 4 is 11.9 Å². The molecule has 1 saturated heterocycles. The first-order valence-corrected chi connectivity index (χ1v) is 9.97. The molecule has 3 amide bonds. The SMILES string of the molecule is Cc1ccc(CNC(=O)N2CCC[C@](C)(C(=O)NCc3ccc(F)cc3)C2)cc1. The third-order valence-electron chi connectivity index (χ3n) is 5.46. The first kappa shape index (κ1) is 20.8. The van der Waals surface area contributed by atoms with Gasteiger partial charge in [0, 0.05) is 26.2 Å². The van der Waals surface area contributed by atoms with Crippen LogP contribution in [-0.2, 0) is 17.9 Å². The minimum Gasteiger partial charge on any atom is -0.351 e. The lowest BCUT2D eigenvalue weighted by molar-refractivity contribution is -0.132. The van der Waals surface area contributed by atoms with E-state index in [1.807, 2.05) is 38.1 Å². The number of piperidine rings is 1. The van der Waals surface area contributed by atoms with Gasteiger partial charge in [-0.15, -0.1) is 0 Å². The van der Waals surface area contributed by atoms with Gasteiger partial charge in [0.05, 0.1) is 5.41 Å². The molecule has 6 heteroatoms. The number of carbonyl (C=O) groups is 2. The summed E-state index contributed by atoms with van der Waals surface area (Å²) in [6.07, 6.45) is 1.50. The van der Waals surface area contributed by atoms with Gasteiger partial charge in [0.15, 0.2) is 0 Å². The Balaban J connectivity index is 1.53. The summed E-state index contributed by atoms with van der Waals surface area (Å²) in [5.41, 5.74) is 2.42. The van der Waals surface area contributed by atoms with E-state index in [2.05, 4.69) is 10.6 Å². The van der Waals surface area contributed by atoms with E-state index in [1.165, 1.54) is 17.7 Å². The topological polar surface area (TPSA) is 61.4 Å². The van der Waals surface area contributed by atoms with Gasteiger partial charge < -0.3 is 15.5 Å². The summed E-state index contributed by atoms with van der Waals surface area (Å²) in [5.74, 6) is -0.385. The Labute approximate surface area is 171 Å². The molecule has 0 aromatic heterocycles. The maximum absolute atomic E-state index is 13.0. The second-order valence-corrected chi connectivity index (χ2v) is 8.04. The van der Waals surface area contributed by atoms with Gasteiger partial charge in [0.1, 0.15) is 5.82 Å². The Morgan fingerprint density at radius 3 is 2.24 bits per heavy atom. The van der Waals surface area contributed by atoms with Crippen LogP contribution in [0.25, 0.3) is 0 Å². The Morgan fingerprint density at radius 1 is 1.00 bits per heavy atom. The maximum Gasteiger partial charge on any atom is 0.317 e. The molecule has 2 aromatic carbocycles. The van der Waals surface area contributed by atoms with E-state index in [-0.39, 0.29) is 17.8 Å². The zero-order valence-corrected chi connectivity index (χ0v) is 17.0. The van der Waals surface area contributed by atoms with Crippen LogP contribution in [0, 0.1) is 18.2 Å². The van der Waals surface area contributed by atoms with Crippen LogP contribution in [0.15, 0.2) is 48.5 Å². The van der Waals surface area contributed by atoms with Crippen LogP contribution < -0.4 is 10.6 Å². The highest BCUT2D eigenvalue weighted by atomic mass is 19.1. The second-order valence-electron chi connectivity index (χ2n) is 8.04. The molecule has 154 valence electrons. The summed E-state index contributed by atoms with van der Waals surface area (Å²) in [5, 5.41) is 5.88. The third-order valence-corrected chi connectivity index (χ3v) is 5.46. The molecule has 5 nitrogen and oxygen atoms in total. The Hall–Kier alpha value is -2.89. The number of halogens is 1. The molecule has 0 saturated carbocycles. The maximum atomic E-state index is 13.0. The summed E-state index contributed by atoms with van der Waals surface area (Å²) in [7, 11) is 0. The Bertz CT molecular complexity index is 851. The highest BCUT2D eigenvalue weighted by molar-refractivity contribution is 5.84. The quantitative estimate of drug-likeness (QED) is 0.807. The summed E-state index contributed by atoms with van der Waals surface area (Å²) >= 11 is 0. The first-order chi connectivity index (χ1) is 13.9. The van der Waals surface area contributed by atoms with Crippen molar-refractivity contribution in [3.63, 3.8) is 0 Å². The minimum atomic E-state index is -0.639. The number of benzene rings is 2. The van der Waals surface area contributed by atoms with Crippen LogP contribution >= 0.6 is 0 Å². The molecule has 3 rings (SSSR count). The van der Waals surface area contributed by atoms with E-state index in [1.54, 1.807) is 17.0 Å². The molecule has 0 bridgehead atoms. The average molecular weight is 397 g/mol. The van der Waals surface area contributed by atoms with E-state index >= 15 is 0 Å². The molecule has 29 heavy (non-hydrogen) atoms. The molecule has 0 radical (unpaired) electrons. The number of hydrogen-bond acceptors (Lipinski definition) is 2. The molecule has 0 spiro atoms. The lowest BCUT2D eigenvalue weighted by Gasteiger charge is -2.39. The van der Waals surface area contributed by atoms with Crippen LogP contribution in [-0.4, -0.2) is 29.9 Å². The average Bonchev–Trinajstić information content (AvgIpc) is 2.72. The van der Waals surface area contributed by atoms with Crippen LogP contribution in [0.1, 0.15) is 36.5 Å². The van der Waals surface area contributed by atoms with Crippen molar-refractivity contribution in [1.82, 2.24) is 15.5 Å². The van der Waals surface area contributed by atoms with Gasteiger partial charge in [0.2, 0.25) is 5.91 Å². The fraction of sp³-hybridized carbons (Fsp3) is 0.391.